The second-order valence-corrected chi connectivity index (χ2v) is 7.19. The normalized spacial score (nSPS) is 10.5. The van der Waals surface area contributed by atoms with E-state index in [1.807, 2.05) is 69.5 Å². The van der Waals surface area contributed by atoms with Crippen molar-refractivity contribution in [3.8, 4) is 0 Å². The Hall–Kier alpha value is -2.47. The van der Waals surface area contributed by atoms with E-state index in [4.69, 9.17) is 0 Å². The molecular formula is C20H25N3O2S. The van der Waals surface area contributed by atoms with E-state index in [1.165, 1.54) is 0 Å². The minimum Gasteiger partial charge on any atom is -0.348 e. The summed E-state index contributed by atoms with van der Waals surface area (Å²) in [4.78, 5) is 25.2. The molecule has 0 radical (unpaired) electrons. The van der Waals surface area contributed by atoms with Crippen LogP contribution in [0.3, 0.4) is 0 Å². The summed E-state index contributed by atoms with van der Waals surface area (Å²) in [5.41, 5.74) is 3.32. The Morgan fingerprint density at radius 2 is 1.77 bits per heavy atom. The molecule has 0 saturated carbocycles. The molecule has 0 saturated heterocycles. The summed E-state index contributed by atoms with van der Waals surface area (Å²) in [7, 11) is 0. The Bertz CT molecular complexity index is 773. The van der Waals surface area contributed by atoms with Gasteiger partial charge >= 0.3 is 6.03 Å². The van der Waals surface area contributed by atoms with Gasteiger partial charge in [-0.25, -0.2) is 4.79 Å². The highest BCUT2D eigenvalue weighted by Gasteiger charge is 2.10. The van der Waals surface area contributed by atoms with Gasteiger partial charge in [-0.05, 0) is 62.4 Å². The standard InChI is InChI=1S/C20H25N3O2S/c1-13(2)22-20(25)23-16-8-6-15(7-9-16)12-21-19(24)18-11-17(26-4)10-5-14(18)3/h5-11,13H,12H2,1-4H3,(H,21,24)(H2,22,23,25). The van der Waals surface area contributed by atoms with E-state index in [0.717, 1.165) is 16.0 Å². The number of hydrogen-bond donors (Lipinski definition) is 3. The highest BCUT2D eigenvalue weighted by molar-refractivity contribution is 7.98. The first-order valence-corrected chi connectivity index (χ1v) is 9.71. The van der Waals surface area contributed by atoms with Crippen molar-refractivity contribution >= 4 is 29.4 Å². The summed E-state index contributed by atoms with van der Waals surface area (Å²) in [5, 5.41) is 8.49. The molecule has 3 N–H and O–H groups in total. The highest BCUT2D eigenvalue weighted by Crippen LogP contribution is 2.19. The van der Waals surface area contributed by atoms with Crippen molar-refractivity contribution in [1.82, 2.24) is 10.6 Å². The molecule has 2 rings (SSSR count). The van der Waals surface area contributed by atoms with Crippen molar-refractivity contribution in [2.75, 3.05) is 11.6 Å². The first-order valence-electron chi connectivity index (χ1n) is 8.48. The van der Waals surface area contributed by atoms with Crippen molar-refractivity contribution in [2.24, 2.45) is 0 Å². The quantitative estimate of drug-likeness (QED) is 0.667. The van der Waals surface area contributed by atoms with E-state index in [0.29, 0.717) is 17.8 Å². The molecule has 0 aromatic heterocycles. The average molecular weight is 372 g/mol. The van der Waals surface area contributed by atoms with Crippen LogP contribution in [0.5, 0.6) is 0 Å². The maximum Gasteiger partial charge on any atom is 0.319 e. The fraction of sp³-hybridized carbons (Fsp3) is 0.300. The Morgan fingerprint density at radius 3 is 2.38 bits per heavy atom. The lowest BCUT2D eigenvalue weighted by molar-refractivity contribution is 0.0950. The summed E-state index contributed by atoms with van der Waals surface area (Å²) < 4.78 is 0. The number of aryl methyl sites for hydroxylation is 1. The predicted octanol–water partition coefficient (Wildman–Crippen LogP) is 4.18. The monoisotopic (exact) mass is 371 g/mol. The molecule has 0 heterocycles. The minimum absolute atomic E-state index is 0.0811. The molecule has 2 aromatic carbocycles. The van der Waals surface area contributed by atoms with Gasteiger partial charge < -0.3 is 16.0 Å². The lowest BCUT2D eigenvalue weighted by Crippen LogP contribution is -2.34. The lowest BCUT2D eigenvalue weighted by Gasteiger charge is -2.11. The molecule has 5 nitrogen and oxygen atoms in total. The Balaban J connectivity index is 1.93. The second-order valence-electron chi connectivity index (χ2n) is 6.31. The van der Waals surface area contributed by atoms with Gasteiger partial charge in [-0.3, -0.25) is 4.79 Å². The van der Waals surface area contributed by atoms with Gasteiger partial charge in [-0.15, -0.1) is 11.8 Å². The minimum atomic E-state index is -0.231. The van der Waals surface area contributed by atoms with Crippen molar-refractivity contribution in [3.05, 3.63) is 59.2 Å². The van der Waals surface area contributed by atoms with E-state index in [-0.39, 0.29) is 18.0 Å². The van der Waals surface area contributed by atoms with Crippen LogP contribution in [0, 0.1) is 6.92 Å². The molecule has 138 valence electrons. The molecule has 0 bridgehead atoms. The van der Waals surface area contributed by atoms with Gasteiger partial charge in [0.2, 0.25) is 0 Å². The zero-order valence-electron chi connectivity index (χ0n) is 15.6. The van der Waals surface area contributed by atoms with Gasteiger partial charge in [0.15, 0.2) is 0 Å². The summed E-state index contributed by atoms with van der Waals surface area (Å²) in [6.07, 6.45) is 1.99. The number of thioether (sulfide) groups is 1. The summed E-state index contributed by atoms with van der Waals surface area (Å²) in [6.45, 7) is 6.17. The summed E-state index contributed by atoms with van der Waals surface area (Å²) in [6, 6.07) is 13.1. The second kappa shape index (κ2) is 9.29. The molecule has 0 atom stereocenters. The van der Waals surface area contributed by atoms with E-state index in [1.54, 1.807) is 11.8 Å². The molecule has 3 amide bonds. The van der Waals surface area contributed by atoms with E-state index in [9.17, 15) is 9.59 Å². The molecule has 26 heavy (non-hydrogen) atoms. The lowest BCUT2D eigenvalue weighted by atomic mass is 10.1. The maximum absolute atomic E-state index is 12.4. The summed E-state index contributed by atoms with van der Waals surface area (Å²) >= 11 is 1.61. The highest BCUT2D eigenvalue weighted by atomic mass is 32.2. The first-order chi connectivity index (χ1) is 12.4. The van der Waals surface area contributed by atoms with Crippen LogP contribution >= 0.6 is 11.8 Å². The van der Waals surface area contributed by atoms with Crippen molar-refractivity contribution in [3.63, 3.8) is 0 Å². The fourth-order valence-corrected chi connectivity index (χ4v) is 2.83. The van der Waals surface area contributed by atoms with Crippen LogP contribution in [0.25, 0.3) is 0 Å². The molecule has 0 unspecified atom stereocenters. The largest absolute Gasteiger partial charge is 0.348 e. The summed E-state index contributed by atoms with van der Waals surface area (Å²) in [5.74, 6) is -0.0862. The molecule has 6 heteroatoms. The number of urea groups is 1. The van der Waals surface area contributed by atoms with Crippen LogP contribution < -0.4 is 16.0 Å². The smallest absolute Gasteiger partial charge is 0.319 e. The Kier molecular flexibility index (Phi) is 7.09. The van der Waals surface area contributed by atoms with Gasteiger partial charge in [0, 0.05) is 28.7 Å². The number of amides is 3. The predicted molar refractivity (Wildman–Crippen MR) is 108 cm³/mol. The number of carbonyl (C=O) groups is 2. The molecule has 2 aromatic rings. The third kappa shape index (κ3) is 5.81. The van der Waals surface area contributed by atoms with Gasteiger partial charge in [0.1, 0.15) is 0 Å². The number of carbonyl (C=O) groups excluding carboxylic acids is 2. The van der Waals surface area contributed by atoms with E-state index < -0.39 is 0 Å². The van der Waals surface area contributed by atoms with Gasteiger partial charge in [0.25, 0.3) is 5.91 Å². The van der Waals surface area contributed by atoms with Gasteiger partial charge in [-0.2, -0.15) is 0 Å². The van der Waals surface area contributed by atoms with Crippen LogP contribution in [-0.2, 0) is 6.54 Å². The van der Waals surface area contributed by atoms with Crippen LogP contribution in [0.2, 0.25) is 0 Å². The first kappa shape index (κ1) is 19.8. The van der Waals surface area contributed by atoms with Crippen LogP contribution in [0.1, 0.15) is 35.3 Å². The Labute approximate surface area is 159 Å². The SMILES string of the molecule is CSc1ccc(C)c(C(=O)NCc2ccc(NC(=O)NC(C)C)cc2)c1. The van der Waals surface area contributed by atoms with Crippen LogP contribution in [0.4, 0.5) is 10.5 Å². The molecular weight excluding hydrogens is 346 g/mol. The van der Waals surface area contributed by atoms with Crippen LogP contribution in [0.15, 0.2) is 47.4 Å². The van der Waals surface area contributed by atoms with Gasteiger partial charge in [-0.1, -0.05) is 18.2 Å². The molecule has 0 aliphatic heterocycles. The maximum atomic E-state index is 12.4. The van der Waals surface area contributed by atoms with Crippen molar-refractivity contribution < 1.29 is 9.59 Å². The molecule has 0 spiro atoms. The number of anilines is 1. The third-order valence-corrected chi connectivity index (χ3v) is 4.50. The van der Waals surface area contributed by atoms with Crippen molar-refractivity contribution in [1.29, 1.82) is 0 Å². The number of benzene rings is 2. The molecule has 0 aliphatic carbocycles. The Morgan fingerprint density at radius 1 is 1.08 bits per heavy atom. The zero-order chi connectivity index (χ0) is 19.1. The van der Waals surface area contributed by atoms with Gasteiger partial charge in [0.05, 0.1) is 0 Å². The topological polar surface area (TPSA) is 70.2 Å². The van der Waals surface area contributed by atoms with E-state index in [2.05, 4.69) is 16.0 Å². The van der Waals surface area contributed by atoms with Crippen molar-refractivity contribution in [2.45, 2.75) is 38.3 Å². The third-order valence-electron chi connectivity index (χ3n) is 3.77. The van der Waals surface area contributed by atoms with E-state index >= 15 is 0 Å². The zero-order valence-corrected chi connectivity index (χ0v) is 16.4. The molecule has 0 aliphatic rings. The number of rotatable bonds is 6. The fourth-order valence-electron chi connectivity index (χ4n) is 2.39. The molecule has 0 fully saturated rings. The number of hydrogen-bond acceptors (Lipinski definition) is 3. The average Bonchev–Trinajstić information content (AvgIpc) is 2.60. The number of nitrogens with one attached hydrogen (secondary N) is 3. The van der Waals surface area contributed by atoms with Crippen LogP contribution in [-0.4, -0.2) is 24.2 Å².